The quantitative estimate of drug-likeness (QED) is 0.681. The van der Waals surface area contributed by atoms with Gasteiger partial charge in [0.25, 0.3) is 0 Å². The van der Waals surface area contributed by atoms with E-state index in [9.17, 15) is 0 Å². The molecule has 0 aromatic carbocycles. The van der Waals surface area contributed by atoms with E-state index < -0.39 is 0 Å². The van der Waals surface area contributed by atoms with E-state index in [0.29, 0.717) is 18.1 Å². The highest BCUT2D eigenvalue weighted by Gasteiger charge is 2.24. The van der Waals surface area contributed by atoms with E-state index in [2.05, 4.69) is 39.8 Å². The van der Waals surface area contributed by atoms with Crippen molar-refractivity contribution < 1.29 is 4.74 Å². The van der Waals surface area contributed by atoms with Crippen LogP contribution in [0.1, 0.15) is 41.0 Å². The van der Waals surface area contributed by atoms with Crippen molar-refractivity contribution in [1.29, 1.82) is 0 Å². The van der Waals surface area contributed by atoms with Gasteiger partial charge in [-0.05, 0) is 26.4 Å². The molecule has 2 atom stereocenters. The highest BCUT2D eigenvalue weighted by molar-refractivity contribution is 4.78. The average molecular weight is 203 g/mol. The number of hydrogen-bond acceptors (Lipinski definition) is 2. The van der Waals surface area contributed by atoms with Crippen LogP contribution in [0.15, 0.2) is 0 Å². The summed E-state index contributed by atoms with van der Waals surface area (Å²) in [6, 6.07) is 0.528. The third-order valence-electron chi connectivity index (χ3n) is 2.37. The van der Waals surface area contributed by atoms with Gasteiger partial charge in [-0.15, -0.1) is 0 Å². The molecule has 0 aliphatic carbocycles. The van der Waals surface area contributed by atoms with Crippen molar-refractivity contribution in [2.75, 3.05) is 21.2 Å². The Morgan fingerprint density at radius 2 is 1.57 bits per heavy atom. The maximum absolute atomic E-state index is 5.44. The van der Waals surface area contributed by atoms with Crippen LogP contribution in [0.2, 0.25) is 0 Å². The molecule has 0 spiro atoms. The first-order valence-corrected chi connectivity index (χ1v) is 5.73. The Morgan fingerprint density at radius 3 is 1.64 bits per heavy atom. The van der Waals surface area contributed by atoms with Crippen molar-refractivity contribution in [3.8, 4) is 0 Å². The molecular weight excluding hydrogens is 174 g/mol. The lowest BCUT2D eigenvalue weighted by molar-refractivity contribution is 0.0108. The molecule has 0 aliphatic rings. The van der Waals surface area contributed by atoms with Gasteiger partial charge in [-0.1, -0.05) is 34.6 Å². The third-order valence-corrected chi connectivity index (χ3v) is 2.37. The standard InChI is InChI=1S/C10H23NO.C2H6/c1-7-9(12-6)10(8(2)3)11(4)5;1-2/h8-10H,7H2,1-6H3;1-2H3. The Hall–Kier alpha value is -0.0800. The normalized spacial score (nSPS) is 15.0. The molecule has 2 heteroatoms. The second-order valence-electron chi connectivity index (χ2n) is 3.88. The number of hydrogen-bond donors (Lipinski definition) is 0. The van der Waals surface area contributed by atoms with Gasteiger partial charge < -0.3 is 9.64 Å². The SMILES string of the molecule is CC.CCC(OC)C(C(C)C)N(C)C. The first-order valence-electron chi connectivity index (χ1n) is 5.73. The van der Waals surface area contributed by atoms with Gasteiger partial charge in [0.15, 0.2) is 0 Å². The second-order valence-corrected chi connectivity index (χ2v) is 3.88. The fourth-order valence-electron chi connectivity index (χ4n) is 1.91. The highest BCUT2D eigenvalue weighted by atomic mass is 16.5. The molecule has 0 rings (SSSR count). The van der Waals surface area contributed by atoms with Crippen LogP contribution < -0.4 is 0 Å². The second kappa shape index (κ2) is 9.47. The molecule has 0 aromatic rings. The lowest BCUT2D eigenvalue weighted by Gasteiger charge is -2.33. The van der Waals surface area contributed by atoms with E-state index >= 15 is 0 Å². The van der Waals surface area contributed by atoms with Gasteiger partial charge in [0.1, 0.15) is 0 Å². The molecule has 14 heavy (non-hydrogen) atoms. The van der Waals surface area contributed by atoms with Crippen LogP contribution in [0.4, 0.5) is 0 Å². The lowest BCUT2D eigenvalue weighted by atomic mass is 9.96. The molecule has 2 unspecified atom stereocenters. The molecule has 0 aliphatic heterocycles. The zero-order valence-electron chi connectivity index (χ0n) is 11.3. The minimum absolute atomic E-state index is 0.361. The monoisotopic (exact) mass is 203 g/mol. The smallest absolute Gasteiger partial charge is 0.0726 e. The third kappa shape index (κ3) is 5.61. The number of methoxy groups -OCH3 is 1. The van der Waals surface area contributed by atoms with E-state index in [1.807, 2.05) is 13.8 Å². The summed E-state index contributed by atoms with van der Waals surface area (Å²) in [5, 5.41) is 0. The van der Waals surface area contributed by atoms with Gasteiger partial charge in [0, 0.05) is 13.2 Å². The van der Waals surface area contributed by atoms with Crippen molar-refractivity contribution >= 4 is 0 Å². The maximum atomic E-state index is 5.44. The first-order chi connectivity index (χ1) is 6.54. The molecule has 0 saturated carbocycles. The van der Waals surface area contributed by atoms with Crippen LogP contribution in [-0.2, 0) is 4.74 Å². The highest BCUT2D eigenvalue weighted by Crippen LogP contribution is 2.16. The van der Waals surface area contributed by atoms with Crippen molar-refractivity contribution in [1.82, 2.24) is 4.90 Å². The van der Waals surface area contributed by atoms with Crippen molar-refractivity contribution in [2.45, 2.75) is 53.2 Å². The molecule has 0 N–H and O–H groups in total. The summed E-state index contributed by atoms with van der Waals surface area (Å²) < 4.78 is 5.44. The van der Waals surface area contributed by atoms with Gasteiger partial charge in [-0.3, -0.25) is 0 Å². The van der Waals surface area contributed by atoms with Crippen molar-refractivity contribution in [2.24, 2.45) is 5.92 Å². The van der Waals surface area contributed by atoms with Gasteiger partial charge in [0.2, 0.25) is 0 Å². The number of rotatable bonds is 5. The van der Waals surface area contributed by atoms with Crippen LogP contribution in [-0.4, -0.2) is 38.3 Å². The Morgan fingerprint density at radius 1 is 1.14 bits per heavy atom. The van der Waals surface area contributed by atoms with Gasteiger partial charge in [-0.25, -0.2) is 0 Å². The Bertz CT molecular complexity index is 101. The van der Waals surface area contributed by atoms with Crippen molar-refractivity contribution in [3.63, 3.8) is 0 Å². The van der Waals surface area contributed by atoms with Crippen LogP contribution in [0.5, 0.6) is 0 Å². The molecular formula is C12H29NO. The summed E-state index contributed by atoms with van der Waals surface area (Å²) in [5.41, 5.74) is 0. The molecule has 0 amide bonds. The molecule has 0 radical (unpaired) electrons. The van der Waals surface area contributed by atoms with Crippen LogP contribution in [0.3, 0.4) is 0 Å². The summed E-state index contributed by atoms with van der Waals surface area (Å²) >= 11 is 0. The van der Waals surface area contributed by atoms with E-state index in [1.54, 1.807) is 7.11 Å². The van der Waals surface area contributed by atoms with Gasteiger partial charge in [0.05, 0.1) is 6.10 Å². The van der Waals surface area contributed by atoms with Gasteiger partial charge >= 0.3 is 0 Å². The zero-order valence-corrected chi connectivity index (χ0v) is 11.3. The molecule has 0 heterocycles. The molecule has 0 saturated heterocycles. The Labute approximate surface area is 90.6 Å². The summed E-state index contributed by atoms with van der Waals surface area (Å²) in [7, 11) is 6.03. The summed E-state index contributed by atoms with van der Waals surface area (Å²) in [5.74, 6) is 0.643. The fourth-order valence-corrected chi connectivity index (χ4v) is 1.91. The topological polar surface area (TPSA) is 12.5 Å². The van der Waals surface area contributed by atoms with E-state index in [0.717, 1.165) is 6.42 Å². The molecule has 0 aromatic heterocycles. The Balaban J connectivity index is 0. The van der Waals surface area contributed by atoms with E-state index in [1.165, 1.54) is 0 Å². The number of nitrogens with zero attached hydrogens (tertiary/aromatic N) is 1. The number of ether oxygens (including phenoxy) is 1. The largest absolute Gasteiger partial charge is 0.380 e. The minimum atomic E-state index is 0.361. The van der Waals surface area contributed by atoms with Crippen LogP contribution in [0.25, 0.3) is 0 Å². The predicted molar refractivity (Wildman–Crippen MR) is 64.7 cm³/mol. The fraction of sp³-hybridized carbons (Fsp3) is 1.00. The first kappa shape index (κ1) is 16.4. The summed E-state index contributed by atoms with van der Waals surface area (Å²) in [6.45, 7) is 10.7. The predicted octanol–water partition coefficient (Wildman–Crippen LogP) is 3.02. The molecule has 2 nitrogen and oxygen atoms in total. The summed E-state index contributed by atoms with van der Waals surface area (Å²) in [4.78, 5) is 2.25. The van der Waals surface area contributed by atoms with Gasteiger partial charge in [-0.2, -0.15) is 0 Å². The summed E-state index contributed by atoms with van der Waals surface area (Å²) in [6.07, 6.45) is 1.44. The van der Waals surface area contributed by atoms with Crippen molar-refractivity contribution in [3.05, 3.63) is 0 Å². The number of likely N-dealkylation sites (N-methyl/N-ethyl adjacent to an activating group) is 1. The van der Waals surface area contributed by atoms with Crippen LogP contribution in [0, 0.1) is 5.92 Å². The average Bonchev–Trinajstić information content (AvgIpc) is 2.15. The molecule has 0 fully saturated rings. The lowest BCUT2D eigenvalue weighted by Crippen LogP contribution is -2.43. The maximum Gasteiger partial charge on any atom is 0.0726 e. The van der Waals surface area contributed by atoms with E-state index in [-0.39, 0.29) is 0 Å². The zero-order chi connectivity index (χ0) is 11.7. The minimum Gasteiger partial charge on any atom is -0.380 e. The van der Waals surface area contributed by atoms with Crippen LogP contribution >= 0.6 is 0 Å². The molecule has 0 bridgehead atoms. The molecule has 88 valence electrons. The van der Waals surface area contributed by atoms with E-state index in [4.69, 9.17) is 4.74 Å². The Kier molecular flexibility index (Phi) is 11.1.